The van der Waals surface area contributed by atoms with Gasteiger partial charge in [0.1, 0.15) is 17.1 Å². The highest BCUT2D eigenvalue weighted by Crippen LogP contribution is 2.44. The van der Waals surface area contributed by atoms with Gasteiger partial charge in [-0.1, -0.05) is 6.92 Å². The van der Waals surface area contributed by atoms with Crippen molar-refractivity contribution in [2.45, 2.75) is 65.9 Å². The second kappa shape index (κ2) is 6.22. The van der Waals surface area contributed by atoms with Gasteiger partial charge in [0.25, 0.3) is 0 Å². The van der Waals surface area contributed by atoms with Crippen LogP contribution in [0.1, 0.15) is 55.4 Å². The molecule has 1 aliphatic rings. The zero-order chi connectivity index (χ0) is 17.4. The van der Waals surface area contributed by atoms with Gasteiger partial charge in [-0.3, -0.25) is 10.1 Å². The highest BCUT2D eigenvalue weighted by molar-refractivity contribution is 5.58. The summed E-state index contributed by atoms with van der Waals surface area (Å²) in [4.78, 5) is 10.9. The van der Waals surface area contributed by atoms with Crippen LogP contribution in [0.2, 0.25) is 0 Å². The molecule has 1 aliphatic heterocycles. The first-order valence-corrected chi connectivity index (χ1v) is 8.04. The molecule has 1 heterocycles. The Kier molecular flexibility index (Phi) is 4.68. The van der Waals surface area contributed by atoms with Crippen LogP contribution in [0, 0.1) is 30.9 Å². The predicted molar refractivity (Wildman–Crippen MR) is 89.7 cm³/mol. The SMILES string of the molecule is CC/C=C(/CC1(C)CCc2c(C)c(O)c(C)c(C)c2O1)[N+](=O)[O-]. The Hall–Kier alpha value is -2.04. The van der Waals surface area contributed by atoms with E-state index in [1.807, 2.05) is 34.6 Å². The molecule has 2 rings (SSSR count). The van der Waals surface area contributed by atoms with Gasteiger partial charge in [0.15, 0.2) is 0 Å². The largest absolute Gasteiger partial charge is 0.507 e. The van der Waals surface area contributed by atoms with Crippen molar-refractivity contribution in [3.8, 4) is 11.5 Å². The number of nitrogens with zero attached hydrogens (tertiary/aromatic N) is 1. The highest BCUT2D eigenvalue weighted by Gasteiger charge is 2.37. The van der Waals surface area contributed by atoms with Crippen molar-refractivity contribution < 1.29 is 14.8 Å². The van der Waals surface area contributed by atoms with E-state index in [4.69, 9.17) is 4.74 Å². The molecule has 0 bridgehead atoms. The minimum Gasteiger partial charge on any atom is -0.507 e. The van der Waals surface area contributed by atoms with Crippen molar-refractivity contribution in [3.05, 3.63) is 44.1 Å². The molecule has 5 nitrogen and oxygen atoms in total. The molecule has 1 atom stereocenters. The number of rotatable bonds is 4. The lowest BCUT2D eigenvalue weighted by atomic mass is 9.85. The number of phenolic OH excluding ortho intramolecular Hbond substituents is 1. The summed E-state index contributed by atoms with van der Waals surface area (Å²) in [6, 6.07) is 0. The quantitative estimate of drug-likeness (QED) is 0.661. The molecule has 0 saturated heterocycles. The van der Waals surface area contributed by atoms with Crippen LogP contribution < -0.4 is 4.74 Å². The molecular weight excluding hydrogens is 294 g/mol. The van der Waals surface area contributed by atoms with Gasteiger partial charge in [0.2, 0.25) is 5.70 Å². The van der Waals surface area contributed by atoms with Gasteiger partial charge in [-0.25, -0.2) is 0 Å². The van der Waals surface area contributed by atoms with E-state index in [-0.39, 0.29) is 17.0 Å². The topological polar surface area (TPSA) is 72.6 Å². The number of allylic oxidation sites excluding steroid dienone is 1. The Morgan fingerprint density at radius 2 is 2.00 bits per heavy atom. The monoisotopic (exact) mass is 319 g/mol. The van der Waals surface area contributed by atoms with Crippen LogP contribution in [0.3, 0.4) is 0 Å². The fourth-order valence-electron chi connectivity index (χ4n) is 3.25. The average molecular weight is 319 g/mol. The molecule has 0 aromatic heterocycles. The standard InChI is InChI=1S/C18H25NO4/c1-6-7-14(19(21)22)10-18(5)9-8-15-13(4)16(20)11(2)12(3)17(15)23-18/h7,20H,6,8-10H2,1-5H3/b14-7-. The van der Waals surface area contributed by atoms with E-state index >= 15 is 0 Å². The van der Waals surface area contributed by atoms with Crippen LogP contribution in [-0.2, 0) is 6.42 Å². The number of nitro groups is 1. The Morgan fingerprint density at radius 1 is 1.35 bits per heavy atom. The summed E-state index contributed by atoms with van der Waals surface area (Å²) in [6.07, 6.45) is 4.02. The summed E-state index contributed by atoms with van der Waals surface area (Å²) in [6.45, 7) is 9.51. The van der Waals surface area contributed by atoms with Crippen molar-refractivity contribution >= 4 is 0 Å². The third kappa shape index (κ3) is 3.19. The van der Waals surface area contributed by atoms with E-state index in [9.17, 15) is 15.2 Å². The summed E-state index contributed by atoms with van der Waals surface area (Å²) in [5.74, 6) is 1.11. The zero-order valence-corrected chi connectivity index (χ0v) is 14.5. The van der Waals surface area contributed by atoms with E-state index < -0.39 is 5.60 Å². The van der Waals surface area contributed by atoms with E-state index in [1.54, 1.807) is 6.08 Å². The van der Waals surface area contributed by atoms with E-state index in [2.05, 4.69) is 0 Å². The number of benzene rings is 1. The number of hydrogen-bond acceptors (Lipinski definition) is 4. The molecule has 1 N–H and O–H groups in total. The molecule has 0 saturated carbocycles. The van der Waals surface area contributed by atoms with E-state index in [0.29, 0.717) is 18.6 Å². The highest BCUT2D eigenvalue weighted by atomic mass is 16.6. The van der Waals surface area contributed by atoms with E-state index in [1.165, 1.54) is 0 Å². The summed E-state index contributed by atoms with van der Waals surface area (Å²) in [5, 5.41) is 21.4. The van der Waals surface area contributed by atoms with Crippen LogP contribution in [-0.4, -0.2) is 15.6 Å². The van der Waals surface area contributed by atoms with Crippen molar-refractivity contribution in [1.82, 2.24) is 0 Å². The predicted octanol–water partition coefficient (Wildman–Crippen LogP) is 4.36. The molecular formula is C18H25NO4. The van der Waals surface area contributed by atoms with Crippen LogP contribution in [0.4, 0.5) is 0 Å². The third-order valence-electron chi connectivity index (χ3n) is 4.82. The lowest BCUT2D eigenvalue weighted by Crippen LogP contribution is -2.38. The lowest BCUT2D eigenvalue weighted by Gasteiger charge is -2.37. The molecule has 0 amide bonds. The van der Waals surface area contributed by atoms with Gasteiger partial charge in [0.05, 0.1) is 11.3 Å². The number of ether oxygens (including phenoxy) is 1. The Bertz CT molecular complexity index is 678. The normalized spacial score (nSPS) is 20.8. The molecule has 0 fully saturated rings. The fraction of sp³-hybridized carbons (Fsp3) is 0.556. The maximum absolute atomic E-state index is 11.2. The van der Waals surface area contributed by atoms with Crippen LogP contribution in [0.15, 0.2) is 11.8 Å². The number of aromatic hydroxyl groups is 1. The van der Waals surface area contributed by atoms with Crippen molar-refractivity contribution in [2.75, 3.05) is 0 Å². The lowest BCUT2D eigenvalue weighted by molar-refractivity contribution is -0.430. The average Bonchev–Trinajstić information content (AvgIpc) is 2.50. The number of fused-ring (bicyclic) bond motifs is 1. The summed E-state index contributed by atoms with van der Waals surface area (Å²) in [5.41, 5.74) is 3.21. The second-order valence-electron chi connectivity index (χ2n) is 6.62. The minimum absolute atomic E-state index is 0.211. The maximum atomic E-state index is 11.2. The molecule has 0 aliphatic carbocycles. The van der Waals surface area contributed by atoms with Gasteiger partial charge in [0, 0.05) is 5.56 Å². The number of hydrogen-bond donors (Lipinski definition) is 1. The molecule has 23 heavy (non-hydrogen) atoms. The Labute approximate surface area is 137 Å². The summed E-state index contributed by atoms with van der Waals surface area (Å²) in [7, 11) is 0. The van der Waals surface area contributed by atoms with Crippen LogP contribution >= 0.6 is 0 Å². The maximum Gasteiger partial charge on any atom is 0.246 e. The summed E-state index contributed by atoms with van der Waals surface area (Å²) >= 11 is 0. The first kappa shape index (κ1) is 17.3. The molecule has 1 unspecified atom stereocenters. The summed E-state index contributed by atoms with van der Waals surface area (Å²) < 4.78 is 6.24. The van der Waals surface area contributed by atoms with Gasteiger partial charge in [-0.2, -0.15) is 0 Å². The van der Waals surface area contributed by atoms with Crippen molar-refractivity contribution in [2.24, 2.45) is 0 Å². The van der Waals surface area contributed by atoms with E-state index in [0.717, 1.165) is 34.4 Å². The van der Waals surface area contributed by atoms with Gasteiger partial charge in [-0.15, -0.1) is 0 Å². The smallest absolute Gasteiger partial charge is 0.246 e. The third-order valence-corrected chi connectivity index (χ3v) is 4.82. The van der Waals surface area contributed by atoms with Gasteiger partial charge in [-0.05, 0) is 69.7 Å². The van der Waals surface area contributed by atoms with Crippen molar-refractivity contribution in [1.29, 1.82) is 0 Å². The molecule has 0 spiro atoms. The zero-order valence-electron chi connectivity index (χ0n) is 14.5. The van der Waals surface area contributed by atoms with Gasteiger partial charge < -0.3 is 9.84 Å². The Morgan fingerprint density at radius 3 is 2.57 bits per heavy atom. The van der Waals surface area contributed by atoms with Crippen molar-refractivity contribution in [3.63, 3.8) is 0 Å². The van der Waals surface area contributed by atoms with Gasteiger partial charge >= 0.3 is 0 Å². The van der Waals surface area contributed by atoms with Crippen LogP contribution in [0.5, 0.6) is 11.5 Å². The fourth-order valence-corrected chi connectivity index (χ4v) is 3.25. The minimum atomic E-state index is -0.596. The molecule has 0 radical (unpaired) electrons. The molecule has 126 valence electrons. The first-order chi connectivity index (χ1) is 10.7. The Balaban J connectivity index is 2.39. The van der Waals surface area contributed by atoms with Crippen LogP contribution in [0.25, 0.3) is 0 Å². The second-order valence-corrected chi connectivity index (χ2v) is 6.62. The number of phenols is 1. The first-order valence-electron chi connectivity index (χ1n) is 8.04. The molecule has 5 heteroatoms. The molecule has 1 aromatic carbocycles. The molecule has 1 aromatic rings.